The zero-order chi connectivity index (χ0) is 24.8. The van der Waals surface area contributed by atoms with Crippen LogP contribution in [0.1, 0.15) is 12.0 Å². The molecule has 1 saturated heterocycles. The molecule has 0 unspecified atom stereocenters. The fraction of sp³-hybridized carbons (Fsp3) is 0.214. The maximum Gasteiger partial charge on any atom is 0.262 e. The Hall–Kier alpha value is -4.33. The second-order valence-corrected chi connectivity index (χ2v) is 9.27. The number of carbonyl (C=O) groups is 3. The number of ether oxygens (including phenoxy) is 1. The lowest BCUT2D eigenvalue weighted by molar-refractivity contribution is -0.140. The van der Waals surface area contributed by atoms with Crippen LogP contribution in [-0.2, 0) is 14.4 Å². The number of hydrazone groups is 1. The van der Waals surface area contributed by atoms with Crippen LogP contribution >= 0.6 is 0 Å². The van der Waals surface area contributed by atoms with E-state index in [0.717, 1.165) is 22.2 Å². The second kappa shape index (κ2) is 8.71. The van der Waals surface area contributed by atoms with Crippen LogP contribution in [0.3, 0.4) is 0 Å². The van der Waals surface area contributed by atoms with Crippen LogP contribution in [0.15, 0.2) is 77.9 Å². The summed E-state index contributed by atoms with van der Waals surface area (Å²) in [5.41, 5.74) is 1.01. The van der Waals surface area contributed by atoms with Gasteiger partial charge in [0.1, 0.15) is 11.6 Å². The number of nitrogens with zero attached hydrogens (tertiary/aromatic N) is 2. The maximum atomic E-state index is 13.1. The first-order valence-electron chi connectivity index (χ1n) is 11.8. The normalized spacial score (nSPS) is 24.2. The predicted octanol–water partition coefficient (Wildman–Crippen LogP) is 4.14. The van der Waals surface area contributed by atoms with Gasteiger partial charge in [-0.25, -0.2) is 4.39 Å². The van der Waals surface area contributed by atoms with Gasteiger partial charge in [0.15, 0.2) is 6.61 Å². The van der Waals surface area contributed by atoms with Crippen LogP contribution in [0.5, 0.6) is 5.75 Å². The van der Waals surface area contributed by atoms with Crippen molar-refractivity contribution in [1.82, 2.24) is 5.01 Å². The number of carbonyl (C=O) groups excluding carboxylic acids is 3. The molecule has 2 aliphatic carbocycles. The Morgan fingerprint density at radius 1 is 1.00 bits per heavy atom. The molecule has 6 rings (SSSR count). The molecule has 4 atom stereocenters. The van der Waals surface area contributed by atoms with Crippen molar-refractivity contribution in [2.45, 2.75) is 6.42 Å². The second-order valence-electron chi connectivity index (χ2n) is 9.27. The Morgan fingerprint density at radius 2 is 1.69 bits per heavy atom. The first-order valence-corrected chi connectivity index (χ1v) is 11.8. The number of imide groups is 1. The summed E-state index contributed by atoms with van der Waals surface area (Å²) >= 11 is 0. The third-order valence-corrected chi connectivity index (χ3v) is 7.17. The third kappa shape index (κ3) is 3.75. The molecule has 1 N–H and O–H groups in total. The number of amides is 3. The molecule has 2 bridgehead atoms. The van der Waals surface area contributed by atoms with Crippen LogP contribution in [0, 0.1) is 29.5 Å². The standard InChI is InChI=1S/C28H22FN3O4/c29-19-8-10-20(11-9-19)31-24(33)15-36-23-12-7-16-3-1-2-4-21(16)22(23)14-30-32-27(34)25-17-5-6-18(13-17)26(25)28(32)35/h1-12,14,17-18,25-26H,13,15H2,(H,31,33)/t17-,18-,25-,26+/m0/s1. The molecule has 1 heterocycles. The van der Waals surface area contributed by atoms with Gasteiger partial charge >= 0.3 is 0 Å². The van der Waals surface area contributed by atoms with Crippen LogP contribution in [0.2, 0.25) is 0 Å². The Morgan fingerprint density at radius 3 is 2.42 bits per heavy atom. The Balaban J connectivity index is 1.24. The minimum absolute atomic E-state index is 0.104. The predicted molar refractivity (Wildman–Crippen MR) is 132 cm³/mol. The van der Waals surface area contributed by atoms with Crippen molar-refractivity contribution < 1.29 is 23.5 Å². The minimum atomic E-state index is -0.418. The number of benzene rings is 3. The fourth-order valence-electron chi connectivity index (χ4n) is 5.52. The van der Waals surface area contributed by atoms with E-state index in [1.165, 1.54) is 30.5 Å². The van der Waals surface area contributed by atoms with Gasteiger partial charge < -0.3 is 10.1 Å². The molecular weight excluding hydrogens is 461 g/mol. The van der Waals surface area contributed by atoms with Gasteiger partial charge in [-0.2, -0.15) is 10.1 Å². The molecule has 1 saturated carbocycles. The Bertz CT molecular complexity index is 1420. The summed E-state index contributed by atoms with van der Waals surface area (Å²) in [7, 11) is 0. The van der Waals surface area contributed by atoms with Gasteiger partial charge in [-0.05, 0) is 59.4 Å². The van der Waals surface area contributed by atoms with E-state index in [4.69, 9.17) is 4.74 Å². The highest BCUT2D eigenvalue weighted by atomic mass is 19.1. The van der Waals surface area contributed by atoms with Gasteiger partial charge in [0, 0.05) is 11.3 Å². The number of allylic oxidation sites excluding steroid dienone is 2. The average Bonchev–Trinajstić information content (AvgIpc) is 3.57. The molecule has 36 heavy (non-hydrogen) atoms. The average molecular weight is 483 g/mol. The molecule has 8 heteroatoms. The quantitative estimate of drug-likeness (QED) is 0.324. The topological polar surface area (TPSA) is 88.1 Å². The number of halogens is 1. The van der Waals surface area contributed by atoms with Gasteiger partial charge in [-0.3, -0.25) is 14.4 Å². The van der Waals surface area contributed by atoms with Crippen molar-refractivity contribution in [2.75, 3.05) is 11.9 Å². The molecule has 3 aromatic rings. The van der Waals surface area contributed by atoms with Crippen molar-refractivity contribution in [3.05, 3.63) is 84.2 Å². The van der Waals surface area contributed by atoms with Gasteiger partial charge in [0.05, 0.1) is 18.1 Å². The summed E-state index contributed by atoms with van der Waals surface area (Å²) in [6, 6.07) is 16.6. The summed E-state index contributed by atoms with van der Waals surface area (Å²) in [6.45, 7) is -0.294. The van der Waals surface area contributed by atoms with Crippen molar-refractivity contribution in [3.63, 3.8) is 0 Å². The monoisotopic (exact) mass is 483 g/mol. The first kappa shape index (κ1) is 22.2. The van der Waals surface area contributed by atoms with E-state index in [-0.39, 0.29) is 42.1 Å². The van der Waals surface area contributed by atoms with Crippen LogP contribution in [-0.4, -0.2) is 35.6 Å². The fourth-order valence-corrected chi connectivity index (χ4v) is 5.52. The highest BCUT2D eigenvalue weighted by Gasteiger charge is 2.59. The molecule has 2 fully saturated rings. The number of anilines is 1. The first-order chi connectivity index (χ1) is 17.5. The van der Waals surface area contributed by atoms with E-state index < -0.39 is 11.7 Å². The number of hydrogen-bond acceptors (Lipinski definition) is 5. The minimum Gasteiger partial charge on any atom is -0.483 e. The van der Waals surface area contributed by atoms with E-state index in [9.17, 15) is 18.8 Å². The van der Waals surface area contributed by atoms with Crippen molar-refractivity contribution in [2.24, 2.45) is 28.8 Å². The smallest absolute Gasteiger partial charge is 0.262 e. The highest BCUT2D eigenvalue weighted by molar-refractivity contribution is 6.08. The van der Waals surface area contributed by atoms with Gasteiger partial charge in [-0.15, -0.1) is 0 Å². The van der Waals surface area contributed by atoms with E-state index in [0.29, 0.717) is 17.0 Å². The van der Waals surface area contributed by atoms with Crippen molar-refractivity contribution >= 4 is 40.4 Å². The summed E-state index contributed by atoms with van der Waals surface area (Å²) in [5.74, 6) is -1.41. The Labute approximate surface area is 206 Å². The molecule has 3 aromatic carbocycles. The van der Waals surface area contributed by atoms with E-state index in [2.05, 4.69) is 10.4 Å². The van der Waals surface area contributed by atoms with Crippen molar-refractivity contribution in [3.8, 4) is 5.75 Å². The van der Waals surface area contributed by atoms with E-state index in [1.807, 2.05) is 42.5 Å². The zero-order valence-corrected chi connectivity index (χ0v) is 19.1. The lowest BCUT2D eigenvalue weighted by atomic mass is 9.85. The zero-order valence-electron chi connectivity index (χ0n) is 19.1. The number of hydrogen-bond donors (Lipinski definition) is 1. The Kier molecular flexibility index (Phi) is 5.36. The molecular formula is C28H22FN3O4. The van der Waals surface area contributed by atoms with Crippen molar-refractivity contribution in [1.29, 1.82) is 0 Å². The SMILES string of the molecule is O=C(COc1ccc2ccccc2c1C=NN1C(=O)[C@@H]2[C@H](C1=O)[C@H]1C=C[C@H]2C1)Nc1ccc(F)cc1. The molecule has 0 aromatic heterocycles. The summed E-state index contributed by atoms with van der Waals surface area (Å²) in [5, 5.41) is 9.68. The largest absolute Gasteiger partial charge is 0.483 e. The number of fused-ring (bicyclic) bond motifs is 6. The molecule has 0 spiro atoms. The third-order valence-electron chi connectivity index (χ3n) is 7.17. The molecule has 180 valence electrons. The molecule has 3 aliphatic rings. The lowest BCUT2D eigenvalue weighted by Crippen LogP contribution is -2.28. The lowest BCUT2D eigenvalue weighted by Gasteiger charge is -2.14. The highest BCUT2D eigenvalue weighted by Crippen LogP contribution is 2.52. The summed E-state index contributed by atoms with van der Waals surface area (Å²) in [6.07, 6.45) is 6.39. The number of rotatable bonds is 6. The molecule has 1 aliphatic heterocycles. The van der Waals surface area contributed by atoms with E-state index in [1.54, 1.807) is 6.07 Å². The van der Waals surface area contributed by atoms with E-state index >= 15 is 0 Å². The summed E-state index contributed by atoms with van der Waals surface area (Å²) < 4.78 is 18.9. The molecule has 7 nitrogen and oxygen atoms in total. The number of nitrogens with one attached hydrogen (secondary N) is 1. The van der Waals surface area contributed by atoms with Crippen LogP contribution < -0.4 is 10.1 Å². The summed E-state index contributed by atoms with van der Waals surface area (Å²) in [4.78, 5) is 38.4. The van der Waals surface area contributed by atoms with Crippen LogP contribution in [0.4, 0.5) is 10.1 Å². The maximum absolute atomic E-state index is 13.1. The van der Waals surface area contributed by atoms with Gasteiger partial charge in [-0.1, -0.05) is 42.5 Å². The van der Waals surface area contributed by atoms with Crippen LogP contribution in [0.25, 0.3) is 10.8 Å². The van der Waals surface area contributed by atoms with Gasteiger partial charge in [0.25, 0.3) is 17.7 Å². The van der Waals surface area contributed by atoms with Gasteiger partial charge in [0.2, 0.25) is 0 Å². The molecule has 3 amide bonds. The molecule has 0 radical (unpaired) electrons.